The smallest absolute Gasteiger partial charge is 0.269 e. The Kier molecular flexibility index (Phi) is 6.21. The molecular formula is C33H23ClN4O5. The lowest BCUT2D eigenvalue weighted by molar-refractivity contribution is -0.384. The van der Waals surface area contributed by atoms with Crippen molar-refractivity contribution in [1.82, 2.24) is 5.43 Å². The molecule has 8 rings (SSSR count). The Balaban J connectivity index is 1.33. The summed E-state index contributed by atoms with van der Waals surface area (Å²) < 4.78 is 0. The number of carbonyl (C=O) groups is 3. The van der Waals surface area contributed by atoms with E-state index in [9.17, 15) is 24.5 Å². The van der Waals surface area contributed by atoms with E-state index in [1.807, 2.05) is 48.5 Å². The number of halogens is 1. The largest absolute Gasteiger partial charge is 0.274 e. The monoisotopic (exact) mass is 590 g/mol. The summed E-state index contributed by atoms with van der Waals surface area (Å²) in [6.07, 6.45) is 1.68. The molecule has 43 heavy (non-hydrogen) atoms. The molecule has 0 aromatic heterocycles. The van der Waals surface area contributed by atoms with Crippen LogP contribution in [0.1, 0.15) is 33.7 Å². The Morgan fingerprint density at radius 1 is 0.907 bits per heavy atom. The van der Waals surface area contributed by atoms with Gasteiger partial charge in [-0.25, -0.2) is 10.3 Å². The van der Waals surface area contributed by atoms with E-state index in [0.29, 0.717) is 5.02 Å². The van der Waals surface area contributed by atoms with Crippen molar-refractivity contribution in [3.63, 3.8) is 0 Å². The lowest BCUT2D eigenvalue weighted by Crippen LogP contribution is -2.54. The van der Waals surface area contributed by atoms with Gasteiger partial charge < -0.3 is 0 Å². The van der Waals surface area contributed by atoms with Gasteiger partial charge in [0.1, 0.15) is 0 Å². The number of hydrazone groups is 1. The molecule has 1 fully saturated rings. The summed E-state index contributed by atoms with van der Waals surface area (Å²) in [6, 6.07) is 27.8. The van der Waals surface area contributed by atoms with Gasteiger partial charge in [0, 0.05) is 29.3 Å². The van der Waals surface area contributed by atoms with Gasteiger partial charge in [-0.3, -0.25) is 24.5 Å². The summed E-state index contributed by atoms with van der Waals surface area (Å²) in [5.74, 6) is -3.09. The number of amides is 3. The maximum Gasteiger partial charge on any atom is 0.269 e. The number of imide groups is 1. The number of nitro groups is 1. The second-order valence-electron chi connectivity index (χ2n) is 10.9. The predicted octanol–water partition coefficient (Wildman–Crippen LogP) is 5.14. The zero-order valence-electron chi connectivity index (χ0n) is 22.5. The quantitative estimate of drug-likeness (QED) is 0.144. The summed E-state index contributed by atoms with van der Waals surface area (Å²) in [5, 5.41) is 16.2. The number of hydrogen-bond donors (Lipinski definition) is 1. The average molecular weight is 591 g/mol. The van der Waals surface area contributed by atoms with Gasteiger partial charge in [0.05, 0.1) is 34.3 Å². The molecule has 0 unspecified atom stereocenters. The van der Waals surface area contributed by atoms with E-state index in [1.54, 1.807) is 30.5 Å². The number of nitro benzene ring substituents is 1. The molecule has 1 heterocycles. The third-order valence-electron chi connectivity index (χ3n) is 8.74. The first-order valence-corrected chi connectivity index (χ1v) is 14.1. The van der Waals surface area contributed by atoms with Crippen molar-refractivity contribution in [2.75, 3.05) is 4.90 Å². The van der Waals surface area contributed by atoms with E-state index in [2.05, 4.69) is 10.5 Å². The topological polar surface area (TPSA) is 122 Å². The third kappa shape index (κ3) is 3.99. The predicted molar refractivity (Wildman–Crippen MR) is 160 cm³/mol. The van der Waals surface area contributed by atoms with Gasteiger partial charge in [-0.1, -0.05) is 72.3 Å². The van der Waals surface area contributed by atoms with Crippen LogP contribution in [0.3, 0.4) is 0 Å². The Morgan fingerprint density at radius 3 is 2.12 bits per heavy atom. The highest BCUT2D eigenvalue weighted by Crippen LogP contribution is 2.63. The second-order valence-corrected chi connectivity index (χ2v) is 11.3. The van der Waals surface area contributed by atoms with Crippen molar-refractivity contribution in [2.45, 2.75) is 17.8 Å². The van der Waals surface area contributed by atoms with Crippen molar-refractivity contribution in [3.8, 4) is 0 Å². The highest BCUT2D eigenvalue weighted by atomic mass is 35.5. The van der Waals surface area contributed by atoms with Crippen LogP contribution in [-0.2, 0) is 26.2 Å². The molecule has 1 saturated heterocycles. The molecule has 0 spiro atoms. The number of rotatable bonds is 6. The molecule has 2 bridgehead atoms. The number of anilines is 1. The molecule has 3 amide bonds. The van der Waals surface area contributed by atoms with E-state index >= 15 is 0 Å². The summed E-state index contributed by atoms with van der Waals surface area (Å²) in [5.41, 5.74) is 5.91. The fourth-order valence-corrected chi connectivity index (χ4v) is 7.19. The maximum absolute atomic E-state index is 14.4. The minimum absolute atomic E-state index is 0.0775. The Labute approximate surface area is 250 Å². The molecule has 4 aliphatic rings. The highest BCUT2D eigenvalue weighted by Gasteiger charge is 2.68. The molecule has 1 aliphatic heterocycles. The highest BCUT2D eigenvalue weighted by molar-refractivity contribution is 6.30. The van der Waals surface area contributed by atoms with E-state index in [1.165, 1.54) is 24.3 Å². The van der Waals surface area contributed by atoms with Crippen LogP contribution >= 0.6 is 11.6 Å². The number of non-ortho nitro benzene ring substituents is 1. The number of benzene rings is 4. The van der Waals surface area contributed by atoms with Gasteiger partial charge in [0.15, 0.2) is 0 Å². The maximum atomic E-state index is 14.4. The van der Waals surface area contributed by atoms with Gasteiger partial charge in [0.2, 0.25) is 17.7 Å². The van der Waals surface area contributed by atoms with E-state index in [-0.39, 0.29) is 35.5 Å². The van der Waals surface area contributed by atoms with Crippen LogP contribution in [0.4, 0.5) is 11.4 Å². The second kappa shape index (κ2) is 9.99. The first kappa shape index (κ1) is 26.7. The molecule has 10 heteroatoms. The van der Waals surface area contributed by atoms with Crippen LogP contribution in [0.15, 0.2) is 102 Å². The molecule has 2 atom stereocenters. The molecule has 3 aliphatic carbocycles. The van der Waals surface area contributed by atoms with Crippen LogP contribution in [0.5, 0.6) is 0 Å². The van der Waals surface area contributed by atoms with E-state index < -0.39 is 28.1 Å². The molecule has 1 N–H and O–H groups in total. The van der Waals surface area contributed by atoms with E-state index in [4.69, 9.17) is 11.6 Å². The lowest BCUT2D eigenvalue weighted by atomic mass is 9.47. The first-order valence-electron chi connectivity index (χ1n) is 13.7. The molecule has 212 valence electrons. The van der Waals surface area contributed by atoms with Crippen molar-refractivity contribution in [1.29, 1.82) is 0 Å². The summed E-state index contributed by atoms with van der Waals surface area (Å²) in [7, 11) is 0. The lowest BCUT2D eigenvalue weighted by Gasteiger charge is -2.52. The Morgan fingerprint density at radius 2 is 1.51 bits per heavy atom. The number of nitrogens with zero attached hydrogens (tertiary/aromatic N) is 3. The zero-order chi connectivity index (χ0) is 29.9. The van der Waals surface area contributed by atoms with Crippen molar-refractivity contribution in [2.24, 2.45) is 16.9 Å². The van der Waals surface area contributed by atoms with Crippen LogP contribution in [0.25, 0.3) is 0 Å². The molecular weight excluding hydrogens is 568 g/mol. The Hall–Kier alpha value is -5.15. The standard InChI is InChI=1S/C33H23ClN4O5/c34-20-11-9-19(10-12-20)17-27(39)36-35-18-33-25-7-3-1-5-23(25)28(24-6-2-4-8-26(24)33)29-30(33)32(41)37(31(29)40)21-13-15-22(16-14-21)38(42)43/h1-16,18,28-30H,17H2,(H,36,39)/b35-18-/t28?,29-,30+,33?/m0/s1. The van der Waals surface area contributed by atoms with Gasteiger partial charge in [-0.15, -0.1) is 0 Å². The Bertz CT molecular complexity index is 1810. The minimum Gasteiger partial charge on any atom is -0.274 e. The van der Waals surface area contributed by atoms with Crippen LogP contribution in [0, 0.1) is 22.0 Å². The van der Waals surface area contributed by atoms with Crippen molar-refractivity contribution >= 4 is 46.9 Å². The SMILES string of the molecule is O=C(Cc1ccc(Cl)cc1)N/N=C\C12c3ccccc3C(c3ccccc31)[C@@H]1C(=O)N(c3ccc([N+](=O)[O-])cc3)C(=O)[C@@H]12. The molecule has 4 aromatic rings. The number of hydrogen-bond acceptors (Lipinski definition) is 6. The average Bonchev–Trinajstić information content (AvgIpc) is 3.29. The van der Waals surface area contributed by atoms with Crippen LogP contribution in [0.2, 0.25) is 5.02 Å². The summed E-state index contributed by atoms with van der Waals surface area (Å²) in [4.78, 5) is 53.2. The first-order chi connectivity index (χ1) is 20.8. The van der Waals surface area contributed by atoms with Gasteiger partial charge in [-0.05, 0) is 52.1 Å². The summed E-state index contributed by atoms with van der Waals surface area (Å²) in [6.45, 7) is 0. The van der Waals surface area contributed by atoms with E-state index in [0.717, 1.165) is 32.7 Å². The van der Waals surface area contributed by atoms with Gasteiger partial charge >= 0.3 is 0 Å². The molecule has 0 radical (unpaired) electrons. The molecule has 4 aromatic carbocycles. The fraction of sp³-hybridized carbons (Fsp3) is 0.152. The van der Waals surface area contributed by atoms with Crippen LogP contribution in [-0.4, -0.2) is 28.9 Å². The minimum atomic E-state index is -1.15. The normalized spacial score (nSPS) is 23.2. The van der Waals surface area contributed by atoms with Gasteiger partial charge in [0.25, 0.3) is 5.69 Å². The number of nitrogens with one attached hydrogen (secondary N) is 1. The van der Waals surface area contributed by atoms with Crippen molar-refractivity contribution < 1.29 is 19.3 Å². The molecule has 9 nitrogen and oxygen atoms in total. The van der Waals surface area contributed by atoms with Crippen molar-refractivity contribution in [3.05, 3.63) is 140 Å². The fourth-order valence-electron chi connectivity index (χ4n) is 7.06. The molecule has 0 saturated carbocycles. The number of carbonyl (C=O) groups excluding carboxylic acids is 3. The third-order valence-corrected chi connectivity index (χ3v) is 8.99. The zero-order valence-corrected chi connectivity index (χ0v) is 23.3. The van der Waals surface area contributed by atoms with Gasteiger partial charge in [-0.2, -0.15) is 5.10 Å². The summed E-state index contributed by atoms with van der Waals surface area (Å²) >= 11 is 5.96. The van der Waals surface area contributed by atoms with Crippen LogP contribution < -0.4 is 10.3 Å².